The van der Waals surface area contributed by atoms with Crippen molar-refractivity contribution in [3.8, 4) is 11.4 Å². The molecule has 0 saturated heterocycles. The van der Waals surface area contributed by atoms with Gasteiger partial charge in [-0.1, -0.05) is 28.1 Å². The Kier molecular flexibility index (Phi) is 2.86. The van der Waals surface area contributed by atoms with Gasteiger partial charge >= 0.3 is 0 Å². The Morgan fingerprint density at radius 2 is 2.20 bits per heavy atom. The Morgan fingerprint density at radius 3 is 2.87 bits per heavy atom. The van der Waals surface area contributed by atoms with Crippen molar-refractivity contribution in [1.82, 2.24) is 14.8 Å². The number of nitrogens with zero attached hydrogens (tertiary/aromatic N) is 3. The SMILES string of the molecule is CCn1cnnc1-c1ccc(C)c(Br)c1. The lowest BCUT2D eigenvalue weighted by atomic mass is 10.1. The van der Waals surface area contributed by atoms with E-state index in [1.54, 1.807) is 6.33 Å². The van der Waals surface area contributed by atoms with Crippen LogP contribution >= 0.6 is 15.9 Å². The molecule has 78 valence electrons. The highest BCUT2D eigenvalue weighted by molar-refractivity contribution is 9.10. The Labute approximate surface area is 97.3 Å². The van der Waals surface area contributed by atoms with Crippen LogP contribution in [0.3, 0.4) is 0 Å². The third-order valence-electron chi connectivity index (χ3n) is 2.39. The third-order valence-corrected chi connectivity index (χ3v) is 3.24. The quantitative estimate of drug-likeness (QED) is 0.836. The van der Waals surface area contributed by atoms with Crippen molar-refractivity contribution in [2.45, 2.75) is 20.4 Å². The van der Waals surface area contributed by atoms with Gasteiger partial charge in [0, 0.05) is 16.6 Å². The summed E-state index contributed by atoms with van der Waals surface area (Å²) in [4.78, 5) is 0. The fourth-order valence-corrected chi connectivity index (χ4v) is 1.82. The highest BCUT2D eigenvalue weighted by Crippen LogP contribution is 2.23. The number of halogens is 1. The van der Waals surface area contributed by atoms with E-state index in [-0.39, 0.29) is 0 Å². The van der Waals surface area contributed by atoms with Crippen LogP contribution < -0.4 is 0 Å². The van der Waals surface area contributed by atoms with Crippen LogP contribution in [0.1, 0.15) is 12.5 Å². The van der Waals surface area contributed by atoms with Crippen LogP contribution in [0.5, 0.6) is 0 Å². The summed E-state index contributed by atoms with van der Waals surface area (Å²) >= 11 is 3.52. The molecule has 0 saturated carbocycles. The highest BCUT2D eigenvalue weighted by Gasteiger charge is 2.06. The lowest BCUT2D eigenvalue weighted by Gasteiger charge is -2.05. The van der Waals surface area contributed by atoms with E-state index in [1.807, 2.05) is 4.57 Å². The predicted octanol–water partition coefficient (Wildman–Crippen LogP) is 3.04. The van der Waals surface area contributed by atoms with Gasteiger partial charge in [0.15, 0.2) is 5.82 Å². The molecule has 0 unspecified atom stereocenters. The van der Waals surface area contributed by atoms with E-state index >= 15 is 0 Å². The predicted molar refractivity (Wildman–Crippen MR) is 63.6 cm³/mol. The summed E-state index contributed by atoms with van der Waals surface area (Å²) in [6, 6.07) is 6.22. The molecule has 1 aromatic carbocycles. The van der Waals surface area contributed by atoms with Gasteiger partial charge in [0.2, 0.25) is 0 Å². The van der Waals surface area contributed by atoms with Crippen LogP contribution in [0.4, 0.5) is 0 Å². The van der Waals surface area contributed by atoms with Gasteiger partial charge in [0.25, 0.3) is 0 Å². The summed E-state index contributed by atoms with van der Waals surface area (Å²) in [5.74, 6) is 0.915. The molecule has 0 bridgehead atoms. The molecule has 0 N–H and O–H groups in total. The average molecular weight is 266 g/mol. The Hall–Kier alpha value is -1.16. The van der Waals surface area contributed by atoms with Crippen molar-refractivity contribution in [3.63, 3.8) is 0 Å². The molecule has 0 amide bonds. The number of aromatic nitrogens is 3. The van der Waals surface area contributed by atoms with E-state index < -0.39 is 0 Å². The molecule has 0 radical (unpaired) electrons. The first-order valence-electron chi connectivity index (χ1n) is 4.86. The van der Waals surface area contributed by atoms with Gasteiger partial charge in [0.05, 0.1) is 0 Å². The Morgan fingerprint density at radius 1 is 1.40 bits per heavy atom. The molecule has 2 rings (SSSR count). The first-order chi connectivity index (χ1) is 7.22. The summed E-state index contributed by atoms with van der Waals surface area (Å²) in [7, 11) is 0. The summed E-state index contributed by atoms with van der Waals surface area (Å²) in [5.41, 5.74) is 2.31. The summed E-state index contributed by atoms with van der Waals surface area (Å²) < 4.78 is 3.13. The smallest absolute Gasteiger partial charge is 0.163 e. The fraction of sp³-hybridized carbons (Fsp3) is 0.273. The largest absolute Gasteiger partial charge is 0.314 e. The monoisotopic (exact) mass is 265 g/mol. The third kappa shape index (κ3) is 1.95. The van der Waals surface area contributed by atoms with E-state index in [0.717, 1.165) is 22.4 Å². The van der Waals surface area contributed by atoms with Crippen LogP contribution in [0.2, 0.25) is 0 Å². The molecule has 15 heavy (non-hydrogen) atoms. The molecule has 1 heterocycles. The topological polar surface area (TPSA) is 30.7 Å². The number of benzene rings is 1. The maximum atomic E-state index is 4.12. The first-order valence-corrected chi connectivity index (χ1v) is 5.66. The molecule has 1 aromatic heterocycles. The van der Waals surface area contributed by atoms with Crippen LogP contribution in [0.25, 0.3) is 11.4 Å². The zero-order valence-corrected chi connectivity index (χ0v) is 10.3. The van der Waals surface area contributed by atoms with Crippen molar-refractivity contribution < 1.29 is 0 Å². The van der Waals surface area contributed by atoms with Crippen molar-refractivity contribution in [3.05, 3.63) is 34.6 Å². The van der Waals surface area contributed by atoms with Gasteiger partial charge in [-0.05, 0) is 25.5 Å². The molecule has 0 fully saturated rings. The standard InChI is InChI=1S/C11H12BrN3/c1-3-15-7-13-14-11(15)9-5-4-8(2)10(12)6-9/h4-7H,3H2,1-2H3. The second kappa shape index (κ2) is 4.14. The Balaban J connectivity index is 2.50. The minimum atomic E-state index is 0.883. The van der Waals surface area contributed by atoms with E-state index in [2.05, 4.69) is 58.2 Å². The van der Waals surface area contributed by atoms with Crippen molar-refractivity contribution >= 4 is 15.9 Å². The maximum Gasteiger partial charge on any atom is 0.163 e. The molecule has 4 heteroatoms. The summed E-state index contributed by atoms with van der Waals surface area (Å²) in [6.07, 6.45) is 1.75. The van der Waals surface area contributed by atoms with Gasteiger partial charge in [-0.3, -0.25) is 0 Å². The number of aryl methyl sites for hydroxylation is 2. The Bertz CT molecular complexity index is 476. The van der Waals surface area contributed by atoms with Crippen LogP contribution in [-0.2, 0) is 6.54 Å². The van der Waals surface area contributed by atoms with Crippen molar-refractivity contribution in [2.24, 2.45) is 0 Å². The summed E-state index contributed by atoms with van der Waals surface area (Å²) in [5, 5.41) is 8.04. The summed E-state index contributed by atoms with van der Waals surface area (Å²) in [6.45, 7) is 5.03. The molecule has 0 aliphatic rings. The average Bonchev–Trinajstić information content (AvgIpc) is 2.70. The minimum Gasteiger partial charge on any atom is -0.314 e. The van der Waals surface area contributed by atoms with Crippen molar-refractivity contribution in [2.75, 3.05) is 0 Å². The molecule has 3 nitrogen and oxygen atoms in total. The van der Waals surface area contributed by atoms with Gasteiger partial charge in [-0.2, -0.15) is 0 Å². The van der Waals surface area contributed by atoms with E-state index in [9.17, 15) is 0 Å². The number of hydrogen-bond donors (Lipinski definition) is 0. The number of hydrogen-bond acceptors (Lipinski definition) is 2. The lowest BCUT2D eigenvalue weighted by Crippen LogP contribution is -1.96. The van der Waals surface area contributed by atoms with Crippen LogP contribution in [0, 0.1) is 6.92 Å². The maximum absolute atomic E-state index is 4.12. The number of rotatable bonds is 2. The molecule has 0 aliphatic carbocycles. The normalized spacial score (nSPS) is 10.6. The zero-order valence-electron chi connectivity index (χ0n) is 8.74. The van der Waals surface area contributed by atoms with Gasteiger partial charge < -0.3 is 4.57 Å². The minimum absolute atomic E-state index is 0.883. The second-order valence-electron chi connectivity index (χ2n) is 3.40. The molecular formula is C11H12BrN3. The van der Waals surface area contributed by atoms with Crippen molar-refractivity contribution in [1.29, 1.82) is 0 Å². The van der Waals surface area contributed by atoms with E-state index in [1.165, 1.54) is 5.56 Å². The second-order valence-corrected chi connectivity index (χ2v) is 4.26. The molecule has 0 spiro atoms. The van der Waals surface area contributed by atoms with Gasteiger partial charge in [0.1, 0.15) is 6.33 Å². The highest BCUT2D eigenvalue weighted by atomic mass is 79.9. The van der Waals surface area contributed by atoms with Crippen LogP contribution in [0.15, 0.2) is 29.0 Å². The molecule has 0 atom stereocenters. The first kappa shape index (κ1) is 10.4. The molecule has 2 aromatic rings. The molecule has 0 aliphatic heterocycles. The lowest BCUT2D eigenvalue weighted by molar-refractivity contribution is 0.767. The van der Waals surface area contributed by atoms with Gasteiger partial charge in [-0.15, -0.1) is 10.2 Å². The van der Waals surface area contributed by atoms with E-state index in [4.69, 9.17) is 0 Å². The van der Waals surface area contributed by atoms with Crippen LogP contribution in [-0.4, -0.2) is 14.8 Å². The van der Waals surface area contributed by atoms with E-state index in [0.29, 0.717) is 0 Å². The molecular weight excluding hydrogens is 254 g/mol. The fourth-order valence-electron chi connectivity index (χ4n) is 1.44. The zero-order chi connectivity index (χ0) is 10.8. The van der Waals surface area contributed by atoms with Gasteiger partial charge in [-0.25, -0.2) is 0 Å².